The van der Waals surface area contributed by atoms with Crippen molar-refractivity contribution in [2.45, 2.75) is 18.9 Å². The number of carbonyl (C=O) groups is 3. The van der Waals surface area contributed by atoms with Gasteiger partial charge >= 0.3 is 11.9 Å². The van der Waals surface area contributed by atoms with Crippen LogP contribution < -0.4 is 5.32 Å². The van der Waals surface area contributed by atoms with Crippen LogP contribution in [0.5, 0.6) is 0 Å². The largest absolute Gasteiger partial charge is 0.474 e. The molecule has 5 heteroatoms. The first-order valence-electron chi connectivity index (χ1n) is 5.16. The van der Waals surface area contributed by atoms with Gasteiger partial charge in [0, 0.05) is 0 Å². The molecule has 2 N–H and O–H groups in total. The van der Waals surface area contributed by atoms with Crippen LogP contribution in [0.1, 0.15) is 12.0 Å². The third kappa shape index (κ3) is 4.46. The van der Waals surface area contributed by atoms with E-state index >= 15 is 0 Å². The second kappa shape index (κ2) is 6.42. The zero-order valence-electron chi connectivity index (χ0n) is 9.13. The Kier molecular flexibility index (Phi) is 4.87. The summed E-state index contributed by atoms with van der Waals surface area (Å²) >= 11 is 0. The van der Waals surface area contributed by atoms with Crippen molar-refractivity contribution in [1.29, 1.82) is 0 Å². The molecule has 0 aromatic heterocycles. The number of aldehydes is 1. The molecular formula is C12H13NO4. The van der Waals surface area contributed by atoms with Crippen LogP contribution in [-0.2, 0) is 20.8 Å². The van der Waals surface area contributed by atoms with Gasteiger partial charge in [-0.1, -0.05) is 30.3 Å². The van der Waals surface area contributed by atoms with Gasteiger partial charge in [0.1, 0.15) is 6.29 Å². The van der Waals surface area contributed by atoms with Crippen molar-refractivity contribution in [3.05, 3.63) is 35.9 Å². The van der Waals surface area contributed by atoms with E-state index in [-0.39, 0.29) is 0 Å². The van der Waals surface area contributed by atoms with Gasteiger partial charge in [0.15, 0.2) is 0 Å². The number of nitrogens with one attached hydrogen (secondary N) is 1. The molecule has 0 saturated carbocycles. The molecule has 1 rings (SSSR count). The summed E-state index contributed by atoms with van der Waals surface area (Å²) in [5.74, 6) is -2.74. The summed E-state index contributed by atoms with van der Waals surface area (Å²) in [6.07, 6.45) is 1.53. The SMILES string of the molecule is O=C[C@@H](CCc1ccccc1)NC(=O)C(=O)O. The highest BCUT2D eigenvalue weighted by molar-refractivity contribution is 6.31. The molecule has 0 aliphatic carbocycles. The molecule has 0 unspecified atom stereocenters. The predicted octanol–water partition coefficient (Wildman–Crippen LogP) is 0.387. The normalized spacial score (nSPS) is 11.5. The average Bonchev–Trinajstić information content (AvgIpc) is 2.35. The van der Waals surface area contributed by atoms with Crippen LogP contribution in [0, 0.1) is 0 Å². The first kappa shape index (κ1) is 12.9. The molecule has 5 nitrogen and oxygen atoms in total. The highest BCUT2D eigenvalue weighted by Gasteiger charge is 2.16. The summed E-state index contributed by atoms with van der Waals surface area (Å²) < 4.78 is 0. The zero-order valence-corrected chi connectivity index (χ0v) is 9.13. The molecule has 0 aliphatic heterocycles. The lowest BCUT2D eigenvalue weighted by atomic mass is 10.1. The molecule has 0 saturated heterocycles. The molecule has 1 amide bonds. The Morgan fingerprint density at radius 2 is 1.94 bits per heavy atom. The molecule has 0 fully saturated rings. The van der Waals surface area contributed by atoms with Crippen LogP contribution in [0.25, 0.3) is 0 Å². The molecule has 90 valence electrons. The lowest BCUT2D eigenvalue weighted by molar-refractivity contribution is -0.150. The molecule has 17 heavy (non-hydrogen) atoms. The summed E-state index contributed by atoms with van der Waals surface area (Å²) in [6.45, 7) is 0. The summed E-state index contributed by atoms with van der Waals surface area (Å²) in [5, 5.41) is 10.5. The van der Waals surface area contributed by atoms with E-state index in [1.54, 1.807) is 0 Å². The van der Waals surface area contributed by atoms with Crippen LogP contribution >= 0.6 is 0 Å². The fourth-order valence-electron chi connectivity index (χ4n) is 1.37. The highest BCUT2D eigenvalue weighted by Crippen LogP contribution is 2.04. The van der Waals surface area contributed by atoms with Crippen molar-refractivity contribution >= 4 is 18.2 Å². The smallest absolute Gasteiger partial charge is 0.394 e. The lowest BCUT2D eigenvalue weighted by Gasteiger charge is -2.10. The maximum Gasteiger partial charge on any atom is 0.394 e. The van der Waals surface area contributed by atoms with E-state index in [0.29, 0.717) is 19.1 Å². The number of carboxylic acids is 1. The number of amides is 1. The molecule has 0 bridgehead atoms. The first-order chi connectivity index (χ1) is 8.13. The van der Waals surface area contributed by atoms with E-state index in [4.69, 9.17) is 5.11 Å². The molecule has 0 heterocycles. The Morgan fingerprint density at radius 3 is 2.47 bits per heavy atom. The van der Waals surface area contributed by atoms with Gasteiger partial charge in [0.05, 0.1) is 6.04 Å². The summed E-state index contributed by atoms with van der Waals surface area (Å²) in [6, 6.07) is 8.68. The number of carbonyl (C=O) groups excluding carboxylic acids is 2. The minimum absolute atomic E-state index is 0.381. The monoisotopic (exact) mass is 235 g/mol. The fourth-order valence-corrected chi connectivity index (χ4v) is 1.37. The third-order valence-corrected chi connectivity index (χ3v) is 2.26. The van der Waals surface area contributed by atoms with Crippen LogP contribution in [0.4, 0.5) is 0 Å². The number of aryl methyl sites for hydroxylation is 1. The minimum atomic E-state index is -1.59. The fraction of sp³-hybridized carbons (Fsp3) is 0.250. The van der Waals surface area contributed by atoms with Gasteiger partial charge in [0.2, 0.25) is 0 Å². The maximum atomic E-state index is 10.9. The van der Waals surface area contributed by atoms with Crippen molar-refractivity contribution in [2.24, 2.45) is 0 Å². The van der Waals surface area contributed by atoms with E-state index < -0.39 is 17.9 Å². The van der Waals surface area contributed by atoms with Crippen molar-refractivity contribution in [2.75, 3.05) is 0 Å². The molecule has 0 radical (unpaired) electrons. The summed E-state index contributed by atoms with van der Waals surface area (Å²) in [7, 11) is 0. The van der Waals surface area contributed by atoms with E-state index in [0.717, 1.165) is 5.56 Å². The molecule has 0 spiro atoms. The van der Waals surface area contributed by atoms with Crippen molar-refractivity contribution in [3.63, 3.8) is 0 Å². The number of aliphatic carboxylic acids is 1. The van der Waals surface area contributed by atoms with Gasteiger partial charge in [-0.25, -0.2) is 4.79 Å². The zero-order chi connectivity index (χ0) is 12.7. The molecule has 1 atom stereocenters. The number of benzene rings is 1. The molecule has 0 aliphatic rings. The van der Waals surface area contributed by atoms with E-state index in [1.807, 2.05) is 30.3 Å². The van der Waals surface area contributed by atoms with Gasteiger partial charge in [0.25, 0.3) is 0 Å². The number of hydrogen-bond acceptors (Lipinski definition) is 3. The molecule has 1 aromatic rings. The van der Waals surface area contributed by atoms with E-state index in [1.165, 1.54) is 0 Å². The third-order valence-electron chi connectivity index (χ3n) is 2.26. The van der Waals surface area contributed by atoms with Crippen LogP contribution in [0.3, 0.4) is 0 Å². The first-order valence-corrected chi connectivity index (χ1v) is 5.16. The second-order valence-electron chi connectivity index (χ2n) is 3.55. The Morgan fingerprint density at radius 1 is 1.29 bits per heavy atom. The standard InChI is InChI=1S/C12H13NO4/c14-8-10(13-11(15)12(16)17)7-6-9-4-2-1-3-5-9/h1-5,8,10H,6-7H2,(H,13,15)(H,16,17)/t10-/m1/s1. The van der Waals surface area contributed by atoms with E-state index in [2.05, 4.69) is 5.32 Å². The van der Waals surface area contributed by atoms with Crippen LogP contribution in [-0.4, -0.2) is 29.3 Å². The van der Waals surface area contributed by atoms with Crippen LogP contribution in [0.2, 0.25) is 0 Å². The van der Waals surface area contributed by atoms with Crippen LogP contribution in [0.15, 0.2) is 30.3 Å². The number of carboxylic acid groups (broad SMARTS) is 1. The van der Waals surface area contributed by atoms with Crippen molar-refractivity contribution in [3.8, 4) is 0 Å². The minimum Gasteiger partial charge on any atom is -0.474 e. The van der Waals surface area contributed by atoms with Gasteiger partial charge < -0.3 is 15.2 Å². The average molecular weight is 235 g/mol. The Labute approximate surface area is 98.4 Å². The Hall–Kier alpha value is -2.17. The van der Waals surface area contributed by atoms with Crippen molar-refractivity contribution in [1.82, 2.24) is 5.32 Å². The summed E-state index contributed by atoms with van der Waals surface area (Å²) in [4.78, 5) is 31.8. The summed E-state index contributed by atoms with van der Waals surface area (Å²) in [5.41, 5.74) is 1.03. The van der Waals surface area contributed by atoms with Gasteiger partial charge in [-0.2, -0.15) is 0 Å². The van der Waals surface area contributed by atoms with Gasteiger partial charge in [-0.15, -0.1) is 0 Å². The predicted molar refractivity (Wildman–Crippen MR) is 60.4 cm³/mol. The van der Waals surface area contributed by atoms with Crippen molar-refractivity contribution < 1.29 is 19.5 Å². The molecular weight excluding hydrogens is 222 g/mol. The lowest BCUT2D eigenvalue weighted by Crippen LogP contribution is -2.40. The van der Waals surface area contributed by atoms with E-state index in [9.17, 15) is 14.4 Å². The topological polar surface area (TPSA) is 83.5 Å². The Balaban J connectivity index is 2.45. The number of hydrogen-bond donors (Lipinski definition) is 2. The van der Waals surface area contributed by atoms with Gasteiger partial charge in [-0.3, -0.25) is 4.79 Å². The Bertz CT molecular complexity index is 402. The number of rotatable bonds is 5. The second-order valence-corrected chi connectivity index (χ2v) is 3.55. The quantitative estimate of drug-likeness (QED) is 0.571. The van der Waals surface area contributed by atoms with Gasteiger partial charge in [-0.05, 0) is 18.4 Å². The maximum absolute atomic E-state index is 10.9. The molecule has 1 aromatic carbocycles. The highest BCUT2D eigenvalue weighted by atomic mass is 16.4.